The van der Waals surface area contributed by atoms with E-state index in [4.69, 9.17) is 0 Å². The van der Waals surface area contributed by atoms with Crippen molar-refractivity contribution in [3.63, 3.8) is 0 Å². The van der Waals surface area contributed by atoms with Crippen LogP contribution in [-0.2, 0) is 4.79 Å². The summed E-state index contributed by atoms with van der Waals surface area (Å²) >= 11 is 1.56. The fraction of sp³-hybridized carbons (Fsp3) is 0.625. The van der Waals surface area contributed by atoms with E-state index in [1.54, 1.807) is 24.8 Å². The molecule has 0 aliphatic carbocycles. The van der Waals surface area contributed by atoms with Crippen molar-refractivity contribution in [2.75, 3.05) is 6.26 Å². The SMILES string of the molecule is CS/C(=C\C(C)=O)NC(C)C. The summed E-state index contributed by atoms with van der Waals surface area (Å²) in [6.07, 6.45) is 3.56. The molecule has 0 aliphatic heterocycles. The van der Waals surface area contributed by atoms with Gasteiger partial charge >= 0.3 is 0 Å². The molecule has 0 rings (SSSR count). The van der Waals surface area contributed by atoms with Crippen LogP contribution in [0.2, 0.25) is 0 Å². The lowest BCUT2D eigenvalue weighted by Crippen LogP contribution is -2.20. The molecule has 3 heteroatoms. The predicted molar refractivity (Wildman–Crippen MR) is 50.6 cm³/mol. The van der Waals surface area contributed by atoms with Crippen molar-refractivity contribution in [2.24, 2.45) is 0 Å². The number of thioether (sulfide) groups is 1. The molecule has 1 N–H and O–H groups in total. The standard InChI is InChI=1S/C8H15NOS/c1-6(2)9-8(11-4)5-7(3)10/h5-6,9H,1-4H3/b8-5-. The highest BCUT2D eigenvalue weighted by molar-refractivity contribution is 8.02. The molecule has 64 valence electrons. The van der Waals surface area contributed by atoms with Crippen LogP contribution in [0.4, 0.5) is 0 Å². The maximum atomic E-state index is 10.7. The molecule has 0 saturated carbocycles. The first kappa shape index (κ1) is 10.6. The smallest absolute Gasteiger partial charge is 0.155 e. The third kappa shape index (κ3) is 5.98. The lowest BCUT2D eigenvalue weighted by Gasteiger charge is -2.10. The molecule has 0 aromatic rings. The number of carbonyl (C=O) groups excluding carboxylic acids is 1. The van der Waals surface area contributed by atoms with Gasteiger partial charge in [0.15, 0.2) is 5.78 Å². The van der Waals surface area contributed by atoms with E-state index in [0.29, 0.717) is 6.04 Å². The molecule has 0 amide bonds. The summed E-state index contributed by atoms with van der Waals surface area (Å²) in [5, 5.41) is 4.10. The highest BCUT2D eigenvalue weighted by Crippen LogP contribution is 2.07. The highest BCUT2D eigenvalue weighted by atomic mass is 32.2. The van der Waals surface area contributed by atoms with Gasteiger partial charge in [-0.1, -0.05) is 0 Å². The third-order valence-corrected chi connectivity index (χ3v) is 1.66. The molecule has 0 aromatic heterocycles. The topological polar surface area (TPSA) is 29.1 Å². The van der Waals surface area contributed by atoms with Crippen molar-refractivity contribution in [2.45, 2.75) is 26.8 Å². The Kier molecular flexibility index (Phi) is 5.03. The van der Waals surface area contributed by atoms with Crippen LogP contribution in [0.1, 0.15) is 20.8 Å². The van der Waals surface area contributed by atoms with Gasteiger partial charge in [-0.25, -0.2) is 0 Å². The van der Waals surface area contributed by atoms with Crippen LogP contribution in [0.15, 0.2) is 11.1 Å². The average molecular weight is 173 g/mol. The summed E-state index contributed by atoms with van der Waals surface area (Å²) in [6, 6.07) is 0.382. The average Bonchev–Trinajstić information content (AvgIpc) is 1.84. The Bertz CT molecular complexity index is 163. The van der Waals surface area contributed by atoms with E-state index in [2.05, 4.69) is 5.32 Å². The molecule has 0 aliphatic rings. The first-order chi connectivity index (χ1) is 5.06. The van der Waals surface area contributed by atoms with Crippen molar-refractivity contribution in [3.05, 3.63) is 11.1 Å². The van der Waals surface area contributed by atoms with Gasteiger partial charge in [-0.15, -0.1) is 11.8 Å². The van der Waals surface area contributed by atoms with Crippen molar-refractivity contribution in [1.82, 2.24) is 5.32 Å². The Morgan fingerprint density at radius 2 is 2.09 bits per heavy atom. The highest BCUT2D eigenvalue weighted by Gasteiger charge is 1.97. The fourth-order valence-electron chi connectivity index (χ4n) is 0.629. The minimum absolute atomic E-state index is 0.0856. The van der Waals surface area contributed by atoms with Crippen molar-refractivity contribution >= 4 is 17.5 Å². The zero-order valence-electron chi connectivity index (χ0n) is 7.47. The van der Waals surface area contributed by atoms with Gasteiger partial charge < -0.3 is 5.32 Å². The molecular weight excluding hydrogens is 158 g/mol. The van der Waals surface area contributed by atoms with Crippen LogP contribution in [-0.4, -0.2) is 18.1 Å². The van der Waals surface area contributed by atoms with E-state index < -0.39 is 0 Å². The van der Waals surface area contributed by atoms with Gasteiger partial charge in [-0.2, -0.15) is 0 Å². The van der Waals surface area contributed by atoms with Crippen LogP contribution < -0.4 is 5.32 Å². The Morgan fingerprint density at radius 1 is 1.55 bits per heavy atom. The second-order valence-electron chi connectivity index (χ2n) is 2.62. The molecule has 0 saturated heterocycles. The van der Waals surface area contributed by atoms with E-state index in [1.165, 1.54) is 0 Å². The second kappa shape index (κ2) is 5.24. The number of carbonyl (C=O) groups is 1. The predicted octanol–water partition coefficient (Wildman–Crippen LogP) is 1.78. The summed E-state index contributed by atoms with van der Waals surface area (Å²) in [4.78, 5) is 10.7. The summed E-state index contributed by atoms with van der Waals surface area (Å²) in [5.74, 6) is 0.0856. The molecule has 11 heavy (non-hydrogen) atoms. The minimum Gasteiger partial charge on any atom is -0.378 e. The molecule has 0 spiro atoms. The van der Waals surface area contributed by atoms with E-state index in [0.717, 1.165) is 5.03 Å². The van der Waals surface area contributed by atoms with Gasteiger partial charge in [-0.3, -0.25) is 4.79 Å². The largest absolute Gasteiger partial charge is 0.378 e. The maximum absolute atomic E-state index is 10.7. The number of hydrogen-bond acceptors (Lipinski definition) is 3. The molecule has 2 nitrogen and oxygen atoms in total. The number of allylic oxidation sites excluding steroid dienone is 1. The lowest BCUT2D eigenvalue weighted by molar-refractivity contribution is -0.112. The monoisotopic (exact) mass is 173 g/mol. The number of rotatable bonds is 4. The van der Waals surface area contributed by atoms with Gasteiger partial charge in [-0.05, 0) is 27.0 Å². The van der Waals surface area contributed by atoms with Gasteiger partial charge in [0.1, 0.15) is 0 Å². The Balaban J connectivity index is 4.05. The summed E-state index contributed by atoms with van der Waals surface area (Å²) < 4.78 is 0. The molecule has 0 bridgehead atoms. The molecule has 0 atom stereocenters. The molecular formula is C8H15NOS. The van der Waals surface area contributed by atoms with Gasteiger partial charge in [0, 0.05) is 12.1 Å². The fourth-order valence-corrected chi connectivity index (χ4v) is 1.27. The normalized spacial score (nSPS) is 11.9. The van der Waals surface area contributed by atoms with Crippen LogP contribution in [0.5, 0.6) is 0 Å². The zero-order chi connectivity index (χ0) is 8.85. The number of ketones is 1. The van der Waals surface area contributed by atoms with Crippen molar-refractivity contribution in [1.29, 1.82) is 0 Å². The first-order valence-corrected chi connectivity index (χ1v) is 4.81. The number of nitrogens with one attached hydrogen (secondary N) is 1. The molecule has 0 radical (unpaired) electrons. The lowest BCUT2D eigenvalue weighted by atomic mass is 10.4. The zero-order valence-corrected chi connectivity index (χ0v) is 8.29. The quantitative estimate of drug-likeness (QED) is 0.657. The van der Waals surface area contributed by atoms with Crippen LogP contribution in [0.25, 0.3) is 0 Å². The van der Waals surface area contributed by atoms with Crippen LogP contribution >= 0.6 is 11.8 Å². The van der Waals surface area contributed by atoms with E-state index >= 15 is 0 Å². The van der Waals surface area contributed by atoms with Crippen molar-refractivity contribution < 1.29 is 4.79 Å². The van der Waals surface area contributed by atoms with E-state index in [1.807, 2.05) is 20.1 Å². The molecule has 0 aromatic carbocycles. The molecule has 0 fully saturated rings. The molecule has 0 heterocycles. The van der Waals surface area contributed by atoms with E-state index in [9.17, 15) is 4.79 Å². The summed E-state index contributed by atoms with van der Waals surface area (Å²) in [7, 11) is 0. The third-order valence-electron chi connectivity index (χ3n) is 0.985. The van der Waals surface area contributed by atoms with Crippen LogP contribution in [0, 0.1) is 0 Å². The Hall–Kier alpha value is -0.440. The van der Waals surface area contributed by atoms with Crippen LogP contribution in [0.3, 0.4) is 0 Å². The van der Waals surface area contributed by atoms with Gasteiger partial charge in [0.25, 0.3) is 0 Å². The minimum atomic E-state index is 0.0856. The Labute approximate surface area is 72.4 Å². The number of hydrogen-bond donors (Lipinski definition) is 1. The Morgan fingerprint density at radius 3 is 2.36 bits per heavy atom. The second-order valence-corrected chi connectivity index (χ2v) is 3.47. The first-order valence-electron chi connectivity index (χ1n) is 3.59. The maximum Gasteiger partial charge on any atom is 0.155 e. The van der Waals surface area contributed by atoms with Gasteiger partial charge in [0.05, 0.1) is 5.03 Å². The van der Waals surface area contributed by atoms with E-state index in [-0.39, 0.29) is 5.78 Å². The summed E-state index contributed by atoms with van der Waals surface area (Å²) in [6.45, 7) is 5.65. The summed E-state index contributed by atoms with van der Waals surface area (Å²) in [5.41, 5.74) is 0. The van der Waals surface area contributed by atoms with Gasteiger partial charge in [0.2, 0.25) is 0 Å². The molecule has 0 unspecified atom stereocenters. The van der Waals surface area contributed by atoms with Crippen molar-refractivity contribution in [3.8, 4) is 0 Å².